The summed E-state index contributed by atoms with van der Waals surface area (Å²) in [6.45, 7) is 0. The normalized spacial score (nSPS) is 25.0. The molecule has 0 unspecified atom stereocenters. The highest BCUT2D eigenvalue weighted by Gasteiger charge is 2.32. The number of aryl methyl sites for hydroxylation is 1. The van der Waals surface area contributed by atoms with Crippen molar-refractivity contribution in [2.45, 2.75) is 44.1 Å². The van der Waals surface area contributed by atoms with E-state index in [-0.39, 0.29) is 24.2 Å². The fraction of sp³-hybridized carbons (Fsp3) is 0.438. The summed E-state index contributed by atoms with van der Waals surface area (Å²) >= 11 is 0. The number of hydrogen-bond donors (Lipinski definition) is 2. The van der Waals surface area contributed by atoms with Crippen LogP contribution in [0.4, 0.5) is 0 Å². The van der Waals surface area contributed by atoms with Crippen LogP contribution in [-0.4, -0.2) is 23.8 Å². The van der Waals surface area contributed by atoms with Crippen molar-refractivity contribution in [3.8, 4) is 0 Å². The van der Waals surface area contributed by atoms with Gasteiger partial charge in [-0.3, -0.25) is 19.7 Å². The number of rotatable bonds is 2. The van der Waals surface area contributed by atoms with Crippen molar-refractivity contribution in [3.05, 3.63) is 35.4 Å². The summed E-state index contributed by atoms with van der Waals surface area (Å²) in [5, 5.41) is 5.06. The summed E-state index contributed by atoms with van der Waals surface area (Å²) in [4.78, 5) is 35.3. The topological polar surface area (TPSA) is 75.3 Å². The Balaban J connectivity index is 1.72. The predicted octanol–water partition coefficient (Wildman–Crippen LogP) is 1.03. The molecular formula is C16H18N2O3. The maximum Gasteiger partial charge on any atom is 0.249 e. The van der Waals surface area contributed by atoms with E-state index in [1.165, 1.54) is 5.56 Å². The molecule has 2 N–H and O–H groups in total. The Hall–Kier alpha value is -2.17. The summed E-state index contributed by atoms with van der Waals surface area (Å²) in [6, 6.07) is 7.38. The second kappa shape index (κ2) is 5.68. The Bertz CT molecular complexity index is 597. The van der Waals surface area contributed by atoms with Gasteiger partial charge in [0.2, 0.25) is 17.7 Å². The molecule has 2 atom stereocenters. The van der Waals surface area contributed by atoms with Gasteiger partial charge in [-0.15, -0.1) is 0 Å². The van der Waals surface area contributed by atoms with Crippen LogP contribution in [0.25, 0.3) is 0 Å². The van der Waals surface area contributed by atoms with Crippen molar-refractivity contribution >= 4 is 17.7 Å². The zero-order valence-electron chi connectivity index (χ0n) is 11.7. The van der Waals surface area contributed by atoms with E-state index in [9.17, 15) is 14.4 Å². The maximum absolute atomic E-state index is 12.5. The monoisotopic (exact) mass is 286 g/mol. The molecule has 1 aromatic carbocycles. The Morgan fingerprint density at radius 2 is 1.95 bits per heavy atom. The lowest BCUT2D eigenvalue weighted by atomic mass is 9.82. The fourth-order valence-corrected chi connectivity index (χ4v) is 3.13. The van der Waals surface area contributed by atoms with Crippen LogP contribution in [0.5, 0.6) is 0 Å². The van der Waals surface area contributed by atoms with Crippen LogP contribution in [0.2, 0.25) is 0 Å². The van der Waals surface area contributed by atoms with Crippen LogP contribution >= 0.6 is 0 Å². The molecule has 1 aliphatic carbocycles. The number of benzene rings is 1. The van der Waals surface area contributed by atoms with E-state index in [2.05, 4.69) is 16.7 Å². The molecule has 1 aliphatic heterocycles. The minimum Gasteiger partial charge on any atom is -0.344 e. The number of carbonyl (C=O) groups excluding carboxylic acids is 3. The molecule has 1 saturated heterocycles. The number of hydrogen-bond acceptors (Lipinski definition) is 3. The van der Waals surface area contributed by atoms with Gasteiger partial charge in [-0.25, -0.2) is 0 Å². The molecule has 0 bridgehead atoms. The van der Waals surface area contributed by atoms with Crippen LogP contribution < -0.4 is 10.6 Å². The molecule has 5 nitrogen and oxygen atoms in total. The predicted molar refractivity (Wildman–Crippen MR) is 76.4 cm³/mol. The van der Waals surface area contributed by atoms with E-state index in [0.29, 0.717) is 6.42 Å². The first-order chi connectivity index (χ1) is 10.1. The smallest absolute Gasteiger partial charge is 0.249 e. The third kappa shape index (κ3) is 2.82. The number of piperidine rings is 1. The lowest BCUT2D eigenvalue weighted by Gasteiger charge is -2.28. The van der Waals surface area contributed by atoms with Gasteiger partial charge >= 0.3 is 0 Å². The molecule has 0 saturated carbocycles. The molecule has 5 heteroatoms. The van der Waals surface area contributed by atoms with Crippen LogP contribution in [-0.2, 0) is 20.8 Å². The zero-order valence-corrected chi connectivity index (χ0v) is 11.7. The Kier molecular flexibility index (Phi) is 3.73. The first-order valence-corrected chi connectivity index (χ1v) is 7.37. The van der Waals surface area contributed by atoms with Crippen molar-refractivity contribution in [2.24, 2.45) is 0 Å². The largest absolute Gasteiger partial charge is 0.344 e. The molecule has 1 heterocycles. The van der Waals surface area contributed by atoms with Gasteiger partial charge in [-0.2, -0.15) is 0 Å². The second-order valence-electron chi connectivity index (χ2n) is 5.66. The molecule has 3 amide bonds. The highest BCUT2D eigenvalue weighted by Crippen LogP contribution is 2.31. The molecule has 21 heavy (non-hydrogen) atoms. The standard InChI is InChI=1S/C16H18N2O3/c19-14-9-8-13(16(21)18-14)17-15(20)12-7-3-5-10-4-1-2-6-11(10)12/h1-2,4,6,12-13H,3,5,7-9H2,(H,17,20)(H,18,19,21)/t12-,13+/m1/s1. The minimum atomic E-state index is -0.593. The van der Waals surface area contributed by atoms with Gasteiger partial charge in [0, 0.05) is 6.42 Å². The number of nitrogens with one attached hydrogen (secondary N) is 2. The lowest BCUT2D eigenvalue weighted by molar-refractivity contribution is -0.137. The molecule has 0 radical (unpaired) electrons. The number of carbonyl (C=O) groups is 3. The average Bonchev–Trinajstić information content (AvgIpc) is 2.49. The highest BCUT2D eigenvalue weighted by atomic mass is 16.2. The SMILES string of the molecule is O=C1CC[C@H](NC(=O)[C@@H]2CCCc3ccccc32)C(=O)N1. The fourth-order valence-electron chi connectivity index (χ4n) is 3.13. The second-order valence-corrected chi connectivity index (χ2v) is 5.66. The molecular weight excluding hydrogens is 268 g/mol. The highest BCUT2D eigenvalue weighted by molar-refractivity contribution is 6.02. The zero-order chi connectivity index (χ0) is 14.8. The summed E-state index contributed by atoms with van der Waals surface area (Å²) in [7, 11) is 0. The molecule has 3 rings (SSSR count). The van der Waals surface area contributed by atoms with Crippen molar-refractivity contribution < 1.29 is 14.4 Å². The Labute approximate surface area is 123 Å². The quantitative estimate of drug-likeness (QED) is 0.797. The number of imide groups is 1. The third-order valence-corrected chi connectivity index (χ3v) is 4.24. The van der Waals surface area contributed by atoms with Gasteiger partial charge in [0.1, 0.15) is 6.04 Å². The van der Waals surface area contributed by atoms with Crippen LogP contribution in [0.15, 0.2) is 24.3 Å². The van der Waals surface area contributed by atoms with Gasteiger partial charge in [0.15, 0.2) is 0 Å². The van der Waals surface area contributed by atoms with Crippen LogP contribution in [0.1, 0.15) is 42.7 Å². The van der Waals surface area contributed by atoms with E-state index >= 15 is 0 Å². The van der Waals surface area contributed by atoms with Crippen molar-refractivity contribution in [1.29, 1.82) is 0 Å². The average molecular weight is 286 g/mol. The van der Waals surface area contributed by atoms with Gasteiger partial charge in [-0.05, 0) is 36.8 Å². The van der Waals surface area contributed by atoms with Crippen molar-refractivity contribution in [1.82, 2.24) is 10.6 Å². The summed E-state index contributed by atoms with van der Waals surface area (Å²) < 4.78 is 0. The van der Waals surface area contributed by atoms with E-state index < -0.39 is 11.9 Å². The Morgan fingerprint density at radius 1 is 1.14 bits per heavy atom. The molecule has 0 aromatic heterocycles. The van der Waals surface area contributed by atoms with Gasteiger partial charge in [0.05, 0.1) is 5.92 Å². The molecule has 1 fully saturated rings. The summed E-state index contributed by atoms with van der Waals surface area (Å²) in [5.41, 5.74) is 2.28. The molecule has 110 valence electrons. The van der Waals surface area contributed by atoms with Crippen LogP contribution in [0, 0.1) is 0 Å². The van der Waals surface area contributed by atoms with E-state index in [4.69, 9.17) is 0 Å². The summed E-state index contributed by atoms with van der Waals surface area (Å²) in [5.74, 6) is -0.978. The first kappa shape index (κ1) is 13.8. The lowest BCUT2D eigenvalue weighted by Crippen LogP contribution is -2.53. The minimum absolute atomic E-state index is 0.114. The Morgan fingerprint density at radius 3 is 2.76 bits per heavy atom. The first-order valence-electron chi connectivity index (χ1n) is 7.37. The van der Waals surface area contributed by atoms with E-state index in [1.807, 2.05) is 18.2 Å². The van der Waals surface area contributed by atoms with Gasteiger partial charge in [-0.1, -0.05) is 24.3 Å². The molecule has 2 aliphatic rings. The summed E-state index contributed by atoms with van der Waals surface area (Å²) in [6.07, 6.45) is 3.43. The molecule has 1 aromatic rings. The van der Waals surface area contributed by atoms with Crippen molar-refractivity contribution in [3.63, 3.8) is 0 Å². The van der Waals surface area contributed by atoms with E-state index in [1.54, 1.807) is 0 Å². The van der Waals surface area contributed by atoms with E-state index in [0.717, 1.165) is 24.8 Å². The van der Waals surface area contributed by atoms with Gasteiger partial charge in [0.25, 0.3) is 0 Å². The van der Waals surface area contributed by atoms with Gasteiger partial charge < -0.3 is 5.32 Å². The van der Waals surface area contributed by atoms with Crippen LogP contribution in [0.3, 0.4) is 0 Å². The number of fused-ring (bicyclic) bond motifs is 1. The number of amides is 3. The third-order valence-electron chi connectivity index (χ3n) is 4.24. The maximum atomic E-state index is 12.5. The molecule has 0 spiro atoms. The van der Waals surface area contributed by atoms with Crippen molar-refractivity contribution in [2.75, 3.05) is 0 Å².